The van der Waals surface area contributed by atoms with Crippen molar-refractivity contribution in [2.75, 3.05) is 6.54 Å². The summed E-state index contributed by atoms with van der Waals surface area (Å²) in [5, 5.41) is 18.1. The van der Waals surface area contributed by atoms with E-state index in [1.807, 2.05) is 6.07 Å². The molecular weight excluding hydrogens is 370 g/mol. The van der Waals surface area contributed by atoms with Gasteiger partial charge in [-0.15, -0.1) is 0 Å². The summed E-state index contributed by atoms with van der Waals surface area (Å²) in [7, 11) is 0. The van der Waals surface area contributed by atoms with Crippen molar-refractivity contribution in [1.29, 1.82) is 0 Å². The fourth-order valence-corrected chi connectivity index (χ4v) is 4.39. The van der Waals surface area contributed by atoms with Crippen LogP contribution >= 0.6 is 0 Å². The molecule has 3 heterocycles. The highest BCUT2D eigenvalue weighted by Gasteiger charge is 2.38. The van der Waals surface area contributed by atoms with Crippen molar-refractivity contribution in [3.63, 3.8) is 0 Å². The summed E-state index contributed by atoms with van der Waals surface area (Å²) in [4.78, 5) is 29.0. The highest BCUT2D eigenvalue weighted by molar-refractivity contribution is 5.92. The standard InChI is InChI=1S/C21H25N5O3/c1-3-22-20(29)17-18(28)16(27)12-25(24-17)13-21(8-4-5-9-21)26-11-14(2)15-7-6-10-23-19(15)26/h6-7,10-12,27H,3-5,8-9,13H2,1-2H3,(H,22,29). The van der Waals surface area contributed by atoms with Crippen LogP contribution in [-0.2, 0) is 12.1 Å². The number of hydrogen-bond acceptors (Lipinski definition) is 5. The molecule has 1 saturated carbocycles. The van der Waals surface area contributed by atoms with Gasteiger partial charge in [-0.2, -0.15) is 5.10 Å². The van der Waals surface area contributed by atoms with E-state index in [4.69, 9.17) is 0 Å². The lowest BCUT2D eigenvalue weighted by molar-refractivity contribution is 0.0945. The number of aromatic hydroxyl groups is 1. The Morgan fingerprint density at radius 3 is 2.79 bits per heavy atom. The molecule has 3 aromatic heterocycles. The van der Waals surface area contributed by atoms with Crippen molar-refractivity contribution in [1.82, 2.24) is 24.6 Å². The zero-order valence-electron chi connectivity index (χ0n) is 16.7. The molecule has 0 spiro atoms. The van der Waals surface area contributed by atoms with Gasteiger partial charge in [-0.05, 0) is 44.4 Å². The average molecular weight is 395 g/mol. The highest BCUT2D eigenvalue weighted by Crippen LogP contribution is 2.40. The Labute approximate surface area is 168 Å². The summed E-state index contributed by atoms with van der Waals surface area (Å²) in [6, 6.07) is 3.99. The Morgan fingerprint density at radius 1 is 1.31 bits per heavy atom. The number of amides is 1. The number of fused-ring (bicyclic) bond motifs is 1. The first-order valence-corrected chi connectivity index (χ1v) is 9.97. The molecule has 0 radical (unpaired) electrons. The van der Waals surface area contributed by atoms with Crippen LogP contribution in [0.5, 0.6) is 5.75 Å². The van der Waals surface area contributed by atoms with Crippen molar-refractivity contribution in [3.05, 3.63) is 52.2 Å². The first-order chi connectivity index (χ1) is 13.9. The third-order valence-corrected chi connectivity index (χ3v) is 5.76. The van der Waals surface area contributed by atoms with Gasteiger partial charge in [0.15, 0.2) is 11.4 Å². The fraction of sp³-hybridized carbons (Fsp3) is 0.429. The minimum Gasteiger partial charge on any atom is -0.503 e. The number of rotatable bonds is 5. The molecule has 1 aliphatic carbocycles. The first-order valence-electron chi connectivity index (χ1n) is 9.97. The Hall–Kier alpha value is -3.16. The number of carbonyl (C=O) groups is 1. The minimum atomic E-state index is -0.753. The summed E-state index contributed by atoms with van der Waals surface area (Å²) in [5.74, 6) is -1.05. The number of aromatic nitrogens is 4. The van der Waals surface area contributed by atoms with Crippen LogP contribution in [0.4, 0.5) is 0 Å². The summed E-state index contributed by atoms with van der Waals surface area (Å²) in [6.45, 7) is 4.64. The Morgan fingerprint density at radius 2 is 2.07 bits per heavy atom. The predicted molar refractivity (Wildman–Crippen MR) is 109 cm³/mol. The van der Waals surface area contributed by atoms with Crippen molar-refractivity contribution in [2.24, 2.45) is 0 Å². The van der Waals surface area contributed by atoms with Crippen LogP contribution in [0.3, 0.4) is 0 Å². The van der Waals surface area contributed by atoms with Crippen LogP contribution < -0.4 is 10.7 Å². The van der Waals surface area contributed by atoms with E-state index in [9.17, 15) is 14.7 Å². The molecule has 152 valence electrons. The number of pyridine rings is 1. The van der Waals surface area contributed by atoms with Gasteiger partial charge in [0.05, 0.1) is 18.3 Å². The lowest BCUT2D eigenvalue weighted by Crippen LogP contribution is -2.38. The molecule has 8 heteroatoms. The second-order valence-corrected chi connectivity index (χ2v) is 7.74. The van der Waals surface area contributed by atoms with Crippen LogP contribution in [-0.4, -0.2) is 36.9 Å². The molecule has 4 rings (SSSR count). The molecule has 2 N–H and O–H groups in total. The molecule has 29 heavy (non-hydrogen) atoms. The highest BCUT2D eigenvalue weighted by atomic mass is 16.3. The summed E-state index contributed by atoms with van der Waals surface area (Å²) < 4.78 is 3.74. The molecule has 0 aliphatic heterocycles. The molecule has 0 atom stereocenters. The van der Waals surface area contributed by atoms with E-state index in [0.29, 0.717) is 13.1 Å². The van der Waals surface area contributed by atoms with E-state index in [-0.39, 0.29) is 11.2 Å². The van der Waals surface area contributed by atoms with Crippen LogP contribution in [0, 0.1) is 6.92 Å². The molecule has 0 saturated heterocycles. The van der Waals surface area contributed by atoms with Gasteiger partial charge >= 0.3 is 0 Å². The fourth-order valence-electron chi connectivity index (χ4n) is 4.39. The van der Waals surface area contributed by atoms with Crippen LogP contribution in [0.15, 0.2) is 35.5 Å². The number of nitrogens with zero attached hydrogens (tertiary/aromatic N) is 4. The zero-order chi connectivity index (χ0) is 20.6. The first kappa shape index (κ1) is 19.2. The molecule has 0 bridgehead atoms. The lowest BCUT2D eigenvalue weighted by atomic mass is 9.97. The number of carbonyl (C=O) groups excluding carboxylic acids is 1. The maximum absolute atomic E-state index is 12.2. The van der Waals surface area contributed by atoms with E-state index >= 15 is 0 Å². The normalized spacial score (nSPS) is 15.7. The third-order valence-electron chi connectivity index (χ3n) is 5.76. The van der Waals surface area contributed by atoms with Crippen molar-refractivity contribution < 1.29 is 9.90 Å². The van der Waals surface area contributed by atoms with Gasteiger partial charge < -0.3 is 15.0 Å². The number of nitrogens with one attached hydrogen (secondary N) is 1. The second-order valence-electron chi connectivity index (χ2n) is 7.74. The SMILES string of the molecule is CCNC(=O)c1nn(CC2(n3cc(C)c4cccnc43)CCCC2)cc(O)c1=O. The van der Waals surface area contributed by atoms with Crippen molar-refractivity contribution in [3.8, 4) is 5.75 Å². The smallest absolute Gasteiger partial charge is 0.275 e. The van der Waals surface area contributed by atoms with Gasteiger partial charge in [-0.25, -0.2) is 4.98 Å². The summed E-state index contributed by atoms with van der Waals surface area (Å²) >= 11 is 0. The van der Waals surface area contributed by atoms with Gasteiger partial charge in [-0.1, -0.05) is 12.8 Å². The van der Waals surface area contributed by atoms with Gasteiger partial charge in [0, 0.05) is 24.3 Å². The zero-order valence-corrected chi connectivity index (χ0v) is 16.7. The van der Waals surface area contributed by atoms with E-state index in [1.165, 1.54) is 10.9 Å². The molecular formula is C21H25N5O3. The Kier molecular flexibility index (Phi) is 4.86. The molecule has 8 nitrogen and oxygen atoms in total. The van der Waals surface area contributed by atoms with E-state index in [0.717, 1.165) is 42.3 Å². The number of aryl methyl sites for hydroxylation is 1. The largest absolute Gasteiger partial charge is 0.503 e. The summed E-state index contributed by atoms with van der Waals surface area (Å²) in [5.41, 5.74) is 0.746. The van der Waals surface area contributed by atoms with Crippen LogP contribution in [0.1, 0.15) is 48.7 Å². The lowest BCUT2D eigenvalue weighted by Gasteiger charge is -2.32. The summed E-state index contributed by atoms with van der Waals surface area (Å²) in [6.07, 6.45) is 9.22. The van der Waals surface area contributed by atoms with Crippen molar-refractivity contribution >= 4 is 16.9 Å². The maximum atomic E-state index is 12.2. The third kappa shape index (κ3) is 3.28. The minimum absolute atomic E-state index is 0.284. The molecule has 1 fully saturated rings. The van der Waals surface area contributed by atoms with Crippen LogP contribution in [0.2, 0.25) is 0 Å². The molecule has 1 aliphatic rings. The van der Waals surface area contributed by atoms with E-state index in [2.05, 4.69) is 39.2 Å². The second kappa shape index (κ2) is 7.35. The monoisotopic (exact) mass is 395 g/mol. The number of hydrogen-bond donors (Lipinski definition) is 2. The molecule has 0 aromatic carbocycles. The van der Waals surface area contributed by atoms with Gasteiger partial charge in [0.1, 0.15) is 5.65 Å². The Balaban J connectivity index is 1.80. The topological polar surface area (TPSA) is 102 Å². The van der Waals surface area contributed by atoms with Gasteiger partial charge in [0.25, 0.3) is 11.3 Å². The average Bonchev–Trinajstić information content (AvgIpc) is 3.30. The van der Waals surface area contributed by atoms with Gasteiger partial charge in [-0.3, -0.25) is 14.3 Å². The predicted octanol–water partition coefficient (Wildman–Crippen LogP) is 2.33. The molecule has 3 aromatic rings. The van der Waals surface area contributed by atoms with Crippen molar-refractivity contribution in [2.45, 2.75) is 51.6 Å². The molecule has 0 unspecified atom stereocenters. The van der Waals surface area contributed by atoms with Gasteiger partial charge in [0.2, 0.25) is 0 Å². The molecule has 1 amide bonds. The Bertz CT molecular complexity index is 1130. The maximum Gasteiger partial charge on any atom is 0.275 e. The van der Waals surface area contributed by atoms with E-state index < -0.39 is 17.1 Å². The van der Waals surface area contributed by atoms with E-state index in [1.54, 1.807) is 13.1 Å². The quantitative estimate of drug-likeness (QED) is 0.690. The van der Waals surface area contributed by atoms with Crippen LogP contribution in [0.25, 0.3) is 11.0 Å².